The van der Waals surface area contributed by atoms with Gasteiger partial charge in [0.1, 0.15) is 5.82 Å². The zero-order valence-electron chi connectivity index (χ0n) is 18.3. The number of nitrogens with zero attached hydrogens (tertiary/aromatic N) is 3. The number of ether oxygens (including phenoxy) is 1. The number of benzene rings is 1. The Morgan fingerprint density at radius 1 is 1.22 bits per heavy atom. The Bertz CT molecular complexity index is 1000. The number of rotatable bonds is 5. The summed E-state index contributed by atoms with van der Waals surface area (Å²) in [6, 6.07) is 6.26. The number of aromatic amines is 1. The van der Waals surface area contributed by atoms with E-state index < -0.39 is 0 Å². The molecule has 170 valence electrons. The lowest BCUT2D eigenvalue weighted by atomic mass is 9.99. The highest BCUT2D eigenvalue weighted by Crippen LogP contribution is 2.32. The molecular weight excluding hydrogens is 412 g/mol. The number of hydrogen-bond acceptors (Lipinski definition) is 6. The molecule has 2 aliphatic rings. The highest BCUT2D eigenvalue weighted by Gasteiger charge is 2.40. The van der Waals surface area contributed by atoms with Crippen LogP contribution < -0.4 is 10.6 Å². The lowest BCUT2D eigenvalue weighted by molar-refractivity contribution is -0.128. The lowest BCUT2D eigenvalue weighted by Crippen LogP contribution is -2.42. The maximum atomic E-state index is 13.4. The summed E-state index contributed by atoms with van der Waals surface area (Å²) in [4.78, 5) is 43.7. The summed E-state index contributed by atoms with van der Waals surface area (Å²) >= 11 is 0. The van der Waals surface area contributed by atoms with Crippen LogP contribution in [-0.4, -0.2) is 63.6 Å². The number of amides is 3. The first-order valence-corrected chi connectivity index (χ1v) is 10.9. The van der Waals surface area contributed by atoms with Gasteiger partial charge in [0, 0.05) is 49.9 Å². The van der Waals surface area contributed by atoms with Crippen molar-refractivity contribution in [2.75, 3.05) is 25.1 Å². The van der Waals surface area contributed by atoms with E-state index in [1.165, 1.54) is 6.92 Å². The van der Waals surface area contributed by atoms with Crippen LogP contribution in [0.4, 0.5) is 5.69 Å². The van der Waals surface area contributed by atoms with Gasteiger partial charge in [-0.25, -0.2) is 4.98 Å². The molecule has 2 fully saturated rings. The predicted octanol–water partition coefficient (Wildman–Crippen LogP) is 1.57. The molecule has 0 radical (unpaired) electrons. The number of carbonyl (C=O) groups is 3. The van der Waals surface area contributed by atoms with E-state index in [2.05, 4.69) is 25.8 Å². The summed E-state index contributed by atoms with van der Waals surface area (Å²) in [5.74, 6) is 0.719. The van der Waals surface area contributed by atoms with Crippen LogP contribution in [0.25, 0.3) is 0 Å². The van der Waals surface area contributed by atoms with E-state index >= 15 is 0 Å². The van der Waals surface area contributed by atoms with Gasteiger partial charge in [-0.05, 0) is 44.4 Å². The summed E-state index contributed by atoms with van der Waals surface area (Å²) < 4.78 is 5.35. The molecule has 10 nitrogen and oxygen atoms in total. The van der Waals surface area contributed by atoms with Gasteiger partial charge in [-0.2, -0.15) is 5.10 Å². The van der Waals surface area contributed by atoms with Crippen molar-refractivity contribution in [3.63, 3.8) is 0 Å². The molecule has 4 rings (SSSR count). The molecule has 2 aromatic rings. The van der Waals surface area contributed by atoms with Gasteiger partial charge in [0.15, 0.2) is 5.82 Å². The van der Waals surface area contributed by atoms with Crippen molar-refractivity contribution in [1.29, 1.82) is 0 Å². The molecule has 3 amide bonds. The molecular formula is C22H28N6O4. The number of carbonyl (C=O) groups excluding carboxylic acids is 3. The van der Waals surface area contributed by atoms with Crippen molar-refractivity contribution >= 4 is 23.4 Å². The fraction of sp³-hybridized carbons (Fsp3) is 0.500. The fourth-order valence-electron chi connectivity index (χ4n) is 4.30. The minimum atomic E-state index is -0.364. The van der Waals surface area contributed by atoms with Crippen LogP contribution in [0.1, 0.15) is 54.2 Å². The van der Waals surface area contributed by atoms with Gasteiger partial charge in [0.05, 0.1) is 6.04 Å². The van der Waals surface area contributed by atoms with Crippen LogP contribution in [0, 0.1) is 12.8 Å². The fourth-order valence-corrected chi connectivity index (χ4v) is 4.30. The van der Waals surface area contributed by atoms with Crippen LogP contribution in [0.2, 0.25) is 0 Å². The number of aryl methyl sites for hydroxylation is 1. The smallest absolute Gasteiger partial charge is 0.254 e. The summed E-state index contributed by atoms with van der Waals surface area (Å²) in [6.45, 7) is 4.77. The van der Waals surface area contributed by atoms with E-state index in [1.807, 2.05) is 0 Å². The first kappa shape index (κ1) is 21.9. The summed E-state index contributed by atoms with van der Waals surface area (Å²) in [5.41, 5.74) is 1.00. The molecule has 1 aromatic carbocycles. The minimum absolute atomic E-state index is 0.00479. The second-order valence-electron chi connectivity index (χ2n) is 8.34. The predicted molar refractivity (Wildman–Crippen MR) is 116 cm³/mol. The third kappa shape index (κ3) is 4.96. The molecule has 0 saturated carbocycles. The molecule has 10 heteroatoms. The molecule has 32 heavy (non-hydrogen) atoms. The van der Waals surface area contributed by atoms with E-state index in [0.29, 0.717) is 61.9 Å². The van der Waals surface area contributed by atoms with Gasteiger partial charge in [-0.15, -0.1) is 0 Å². The van der Waals surface area contributed by atoms with Crippen molar-refractivity contribution in [2.24, 2.45) is 5.92 Å². The maximum Gasteiger partial charge on any atom is 0.254 e. The quantitative estimate of drug-likeness (QED) is 0.647. The van der Waals surface area contributed by atoms with Gasteiger partial charge in [-0.1, -0.05) is 6.07 Å². The summed E-state index contributed by atoms with van der Waals surface area (Å²) in [5, 5.41) is 12.9. The zero-order valence-corrected chi connectivity index (χ0v) is 18.3. The molecule has 2 unspecified atom stereocenters. The average Bonchev–Trinajstić information content (AvgIpc) is 3.39. The Hall–Kier alpha value is -3.27. The van der Waals surface area contributed by atoms with Crippen LogP contribution in [-0.2, 0) is 14.3 Å². The summed E-state index contributed by atoms with van der Waals surface area (Å²) in [6.07, 6.45) is 1.95. The van der Waals surface area contributed by atoms with E-state index in [9.17, 15) is 14.4 Å². The lowest BCUT2D eigenvalue weighted by Gasteiger charge is -2.24. The molecule has 0 aliphatic carbocycles. The van der Waals surface area contributed by atoms with E-state index in [1.54, 1.807) is 36.1 Å². The molecule has 3 heterocycles. The van der Waals surface area contributed by atoms with Crippen molar-refractivity contribution in [3.8, 4) is 0 Å². The highest BCUT2D eigenvalue weighted by molar-refractivity contribution is 5.97. The van der Waals surface area contributed by atoms with Gasteiger partial charge >= 0.3 is 0 Å². The molecule has 0 spiro atoms. The number of hydrogen-bond donors (Lipinski definition) is 3. The second kappa shape index (κ2) is 9.47. The molecule has 1 aromatic heterocycles. The maximum absolute atomic E-state index is 13.4. The van der Waals surface area contributed by atoms with E-state index in [-0.39, 0.29) is 35.7 Å². The van der Waals surface area contributed by atoms with Crippen LogP contribution >= 0.6 is 0 Å². The van der Waals surface area contributed by atoms with Crippen molar-refractivity contribution in [1.82, 2.24) is 25.4 Å². The number of nitrogens with one attached hydrogen (secondary N) is 3. The van der Waals surface area contributed by atoms with Gasteiger partial charge < -0.3 is 20.3 Å². The molecule has 3 N–H and O–H groups in total. The Balaban J connectivity index is 1.53. The molecule has 2 saturated heterocycles. The van der Waals surface area contributed by atoms with Crippen molar-refractivity contribution in [2.45, 2.75) is 45.2 Å². The first-order chi connectivity index (χ1) is 15.4. The van der Waals surface area contributed by atoms with Gasteiger partial charge in [0.2, 0.25) is 11.8 Å². The monoisotopic (exact) mass is 440 g/mol. The van der Waals surface area contributed by atoms with Gasteiger partial charge in [0.25, 0.3) is 5.91 Å². The van der Waals surface area contributed by atoms with Crippen molar-refractivity contribution < 1.29 is 19.1 Å². The molecule has 2 aliphatic heterocycles. The van der Waals surface area contributed by atoms with Gasteiger partial charge in [-0.3, -0.25) is 19.5 Å². The Morgan fingerprint density at radius 3 is 2.69 bits per heavy atom. The number of anilines is 1. The second-order valence-corrected chi connectivity index (χ2v) is 8.34. The average molecular weight is 441 g/mol. The van der Waals surface area contributed by atoms with Crippen LogP contribution in [0.5, 0.6) is 0 Å². The van der Waals surface area contributed by atoms with Crippen molar-refractivity contribution in [3.05, 3.63) is 41.5 Å². The SMILES string of the molecule is CC(=O)Nc1cccc(C(=O)N2CC(NC(=O)C3CCOCC3)CC2c2n[nH]c(C)n2)c1. The van der Waals surface area contributed by atoms with E-state index in [4.69, 9.17) is 4.74 Å². The van der Waals surface area contributed by atoms with E-state index in [0.717, 1.165) is 0 Å². The summed E-state index contributed by atoms with van der Waals surface area (Å²) in [7, 11) is 0. The molecule has 2 atom stereocenters. The number of aromatic nitrogens is 3. The number of H-pyrrole nitrogens is 1. The van der Waals surface area contributed by atoms with Crippen LogP contribution in [0.15, 0.2) is 24.3 Å². The standard InChI is InChI=1S/C22H28N6O4/c1-13-23-20(27-26-13)19-11-18(25-21(30)15-6-8-32-9-7-15)12-28(19)22(31)16-4-3-5-17(10-16)24-14(2)29/h3-5,10,15,18-19H,6-9,11-12H2,1-2H3,(H,24,29)(H,25,30)(H,23,26,27). The first-order valence-electron chi connectivity index (χ1n) is 10.9. The topological polar surface area (TPSA) is 129 Å². The third-order valence-corrected chi connectivity index (χ3v) is 5.84. The normalized spacial score (nSPS) is 21.4. The zero-order chi connectivity index (χ0) is 22.7. The molecule has 0 bridgehead atoms. The Labute approximate surface area is 186 Å². The highest BCUT2D eigenvalue weighted by atomic mass is 16.5. The van der Waals surface area contributed by atoms with Crippen LogP contribution in [0.3, 0.4) is 0 Å². The minimum Gasteiger partial charge on any atom is -0.381 e. The Kier molecular flexibility index (Phi) is 6.50. The third-order valence-electron chi connectivity index (χ3n) is 5.84. The number of likely N-dealkylation sites (tertiary alicyclic amines) is 1. The Morgan fingerprint density at radius 2 is 2.00 bits per heavy atom. The largest absolute Gasteiger partial charge is 0.381 e.